The van der Waals surface area contributed by atoms with Crippen LogP contribution in [0.1, 0.15) is 5.56 Å². The summed E-state index contributed by atoms with van der Waals surface area (Å²) in [5, 5.41) is 1.39. The highest BCUT2D eigenvalue weighted by molar-refractivity contribution is 9.12. The predicted octanol–water partition coefficient (Wildman–Crippen LogP) is 6.88. The molecular formula is C24H17Br2O2PS. The minimum atomic E-state index is -3.34. The first kappa shape index (κ1) is 20.5. The maximum absolute atomic E-state index is 14.5. The molecule has 1 fully saturated rings. The standard InChI is InChI=1S/C24H17Br2O2PS/c25-19-13-11-18(12-14-19)23-16-15-20(26)17-24(23,30-23)28-29(27,21-7-3-1-4-8-21)22-9-5-2-6-10-22/h1-17H. The number of rotatable bonds is 5. The van der Waals surface area contributed by atoms with Gasteiger partial charge in [-0.1, -0.05) is 92.5 Å². The fourth-order valence-electron chi connectivity index (χ4n) is 3.79. The summed E-state index contributed by atoms with van der Waals surface area (Å²) < 4.78 is 22.8. The van der Waals surface area contributed by atoms with Gasteiger partial charge in [-0.2, -0.15) is 0 Å². The molecule has 1 aliphatic carbocycles. The Hall–Kier alpha value is -1.36. The summed E-state index contributed by atoms with van der Waals surface area (Å²) in [4.78, 5) is -0.754. The van der Waals surface area contributed by atoms with Gasteiger partial charge < -0.3 is 0 Å². The Balaban J connectivity index is 1.63. The van der Waals surface area contributed by atoms with Crippen molar-refractivity contribution in [3.63, 3.8) is 0 Å². The van der Waals surface area contributed by atoms with Crippen LogP contribution in [0.4, 0.5) is 0 Å². The molecular weight excluding hydrogens is 543 g/mol. The van der Waals surface area contributed by atoms with Gasteiger partial charge in [0.15, 0.2) is 4.93 Å². The molecule has 0 saturated carbocycles. The zero-order valence-corrected chi connectivity index (χ0v) is 20.6. The van der Waals surface area contributed by atoms with E-state index in [0.29, 0.717) is 10.6 Å². The molecule has 6 heteroatoms. The van der Waals surface area contributed by atoms with Crippen LogP contribution in [0.2, 0.25) is 0 Å². The molecule has 0 amide bonds. The van der Waals surface area contributed by atoms with Crippen molar-refractivity contribution in [3.8, 4) is 0 Å². The topological polar surface area (TPSA) is 26.3 Å². The van der Waals surface area contributed by atoms with Gasteiger partial charge >= 0.3 is 0 Å². The molecule has 2 atom stereocenters. The first-order valence-corrected chi connectivity index (χ1v) is 13.5. The number of thioether (sulfide) groups is 1. The van der Waals surface area contributed by atoms with Crippen LogP contribution < -0.4 is 10.6 Å². The Morgan fingerprint density at radius 2 is 1.37 bits per heavy atom. The number of hydrogen-bond donors (Lipinski definition) is 0. The van der Waals surface area contributed by atoms with Gasteiger partial charge in [0.2, 0.25) is 0 Å². The predicted molar refractivity (Wildman–Crippen MR) is 133 cm³/mol. The van der Waals surface area contributed by atoms with Gasteiger partial charge in [-0.15, -0.1) is 11.8 Å². The van der Waals surface area contributed by atoms with E-state index in [4.69, 9.17) is 4.52 Å². The fraction of sp³-hybridized carbons (Fsp3) is 0.0833. The van der Waals surface area contributed by atoms with Crippen molar-refractivity contribution < 1.29 is 9.09 Å². The normalized spacial score (nSPS) is 24.8. The van der Waals surface area contributed by atoms with Gasteiger partial charge in [0.05, 0.1) is 0 Å². The van der Waals surface area contributed by atoms with Crippen LogP contribution >= 0.6 is 51.0 Å². The molecule has 2 nitrogen and oxygen atoms in total. The van der Waals surface area contributed by atoms with Crippen molar-refractivity contribution in [3.05, 3.63) is 118 Å². The molecule has 1 heterocycles. The minimum absolute atomic E-state index is 0.413. The summed E-state index contributed by atoms with van der Waals surface area (Å²) in [6.45, 7) is 0. The summed E-state index contributed by atoms with van der Waals surface area (Å²) >= 11 is 8.79. The van der Waals surface area contributed by atoms with Crippen LogP contribution in [-0.4, -0.2) is 4.93 Å². The second kappa shape index (κ2) is 7.65. The number of hydrogen-bond acceptors (Lipinski definition) is 3. The van der Waals surface area contributed by atoms with Crippen molar-refractivity contribution in [1.29, 1.82) is 0 Å². The molecule has 2 unspecified atom stereocenters. The maximum Gasteiger partial charge on any atom is 0.262 e. The molecule has 1 aliphatic heterocycles. The van der Waals surface area contributed by atoms with E-state index in [1.54, 1.807) is 11.8 Å². The van der Waals surface area contributed by atoms with E-state index in [1.165, 1.54) is 0 Å². The Bertz CT molecular complexity index is 1150. The molecule has 0 radical (unpaired) electrons. The molecule has 1 saturated heterocycles. The van der Waals surface area contributed by atoms with Crippen LogP contribution in [0.3, 0.4) is 0 Å². The second-order valence-corrected chi connectivity index (χ2v) is 12.8. The molecule has 3 aromatic rings. The summed E-state index contributed by atoms with van der Waals surface area (Å²) in [5.41, 5.74) is 1.12. The molecule has 30 heavy (non-hydrogen) atoms. The smallest absolute Gasteiger partial charge is 0.262 e. The van der Waals surface area contributed by atoms with Crippen LogP contribution in [0.15, 0.2) is 112 Å². The monoisotopic (exact) mass is 558 g/mol. The molecule has 0 N–H and O–H groups in total. The fourth-order valence-corrected chi connectivity index (χ4v) is 8.69. The zero-order valence-electron chi connectivity index (χ0n) is 15.7. The number of benzene rings is 3. The highest BCUT2D eigenvalue weighted by atomic mass is 79.9. The Labute approximate surface area is 197 Å². The van der Waals surface area contributed by atoms with Crippen LogP contribution in [0, 0.1) is 0 Å². The molecule has 0 bridgehead atoms. The highest BCUT2D eigenvalue weighted by Crippen LogP contribution is 2.77. The molecule has 3 aromatic carbocycles. The average molecular weight is 560 g/mol. The van der Waals surface area contributed by atoms with E-state index in [0.717, 1.165) is 14.5 Å². The van der Waals surface area contributed by atoms with Gasteiger partial charge in [-0.3, -0.25) is 9.09 Å². The third-order valence-corrected chi connectivity index (χ3v) is 10.6. The Kier molecular flexibility index (Phi) is 5.24. The lowest BCUT2D eigenvalue weighted by atomic mass is 9.90. The van der Waals surface area contributed by atoms with Crippen molar-refractivity contribution in [2.24, 2.45) is 0 Å². The third kappa shape index (κ3) is 3.32. The quantitative estimate of drug-likeness (QED) is 0.252. The lowest BCUT2D eigenvalue weighted by Crippen LogP contribution is -2.30. The van der Waals surface area contributed by atoms with Crippen molar-refractivity contribution in [2.75, 3.05) is 0 Å². The van der Waals surface area contributed by atoms with E-state index in [9.17, 15) is 4.57 Å². The Morgan fingerprint density at radius 1 is 0.800 bits per heavy atom. The Morgan fingerprint density at radius 3 is 1.93 bits per heavy atom. The molecule has 0 spiro atoms. The zero-order chi connectivity index (χ0) is 20.8. The van der Waals surface area contributed by atoms with Crippen molar-refractivity contribution in [1.82, 2.24) is 0 Å². The van der Waals surface area contributed by atoms with Gasteiger partial charge in [-0.25, -0.2) is 0 Å². The molecule has 150 valence electrons. The number of fused-ring (bicyclic) bond motifs is 1. The van der Waals surface area contributed by atoms with Gasteiger partial charge in [0, 0.05) is 19.6 Å². The lowest BCUT2D eigenvalue weighted by Gasteiger charge is -2.28. The molecule has 2 aliphatic rings. The second-order valence-electron chi connectivity index (χ2n) is 7.19. The summed E-state index contributed by atoms with van der Waals surface area (Å²) in [6.07, 6.45) is 6.23. The number of allylic oxidation sites excluding steroid dienone is 2. The third-order valence-electron chi connectivity index (χ3n) is 5.32. The maximum atomic E-state index is 14.5. The highest BCUT2D eigenvalue weighted by Gasteiger charge is 2.72. The van der Waals surface area contributed by atoms with Gasteiger partial charge in [0.1, 0.15) is 4.75 Å². The van der Waals surface area contributed by atoms with Crippen molar-refractivity contribution in [2.45, 2.75) is 9.68 Å². The first-order valence-electron chi connectivity index (χ1n) is 9.43. The van der Waals surface area contributed by atoms with Crippen molar-refractivity contribution >= 4 is 61.6 Å². The summed E-state index contributed by atoms with van der Waals surface area (Å²) in [6, 6.07) is 27.3. The van der Waals surface area contributed by atoms with E-state index >= 15 is 0 Å². The van der Waals surface area contributed by atoms with Crippen LogP contribution in [0.5, 0.6) is 0 Å². The molecule has 5 rings (SSSR count). The largest absolute Gasteiger partial charge is 0.298 e. The number of halogens is 2. The molecule has 0 aromatic heterocycles. The summed E-state index contributed by atoms with van der Waals surface area (Å²) in [5.74, 6) is 0. The van der Waals surface area contributed by atoms with Crippen LogP contribution in [-0.2, 0) is 13.8 Å². The lowest BCUT2D eigenvalue weighted by molar-refractivity contribution is 0.237. The van der Waals surface area contributed by atoms with E-state index in [2.05, 4.69) is 50.1 Å². The van der Waals surface area contributed by atoms with E-state index in [-0.39, 0.29) is 0 Å². The van der Waals surface area contributed by atoms with Gasteiger partial charge in [0.25, 0.3) is 7.37 Å². The SMILES string of the molecule is O=P(OC12C=C(Br)C=CC1(c1ccc(Br)cc1)S2)(c1ccccc1)c1ccccc1. The first-order chi connectivity index (χ1) is 14.5. The van der Waals surface area contributed by atoms with Crippen LogP contribution in [0.25, 0.3) is 0 Å². The minimum Gasteiger partial charge on any atom is -0.298 e. The summed E-state index contributed by atoms with van der Waals surface area (Å²) in [7, 11) is -3.34. The van der Waals surface area contributed by atoms with E-state index < -0.39 is 17.0 Å². The average Bonchev–Trinajstić information content (AvgIpc) is 3.43. The van der Waals surface area contributed by atoms with Gasteiger partial charge in [-0.05, 0) is 48.0 Å². The van der Waals surface area contributed by atoms with E-state index in [1.807, 2.05) is 84.9 Å².